The topological polar surface area (TPSA) is 120 Å². The SMILES string of the molecule is O=C(COC(=O)C=Cc1cn(-c2ccccc2)nc1-c1ccc(Cl)cc1)Nc1cc(S(=O)(=O)N2CCOCC2)ccc1Cl. The number of esters is 1. The largest absolute Gasteiger partial charge is 0.452 e. The molecule has 1 fully saturated rings. The van der Waals surface area contributed by atoms with Crippen LogP contribution in [0.2, 0.25) is 10.0 Å². The van der Waals surface area contributed by atoms with E-state index < -0.39 is 28.5 Å². The van der Waals surface area contributed by atoms with Crippen LogP contribution in [0.25, 0.3) is 23.0 Å². The number of carbonyl (C=O) groups is 2. The molecule has 0 spiro atoms. The molecule has 1 aliphatic heterocycles. The van der Waals surface area contributed by atoms with Crippen molar-refractivity contribution in [2.24, 2.45) is 0 Å². The average molecular weight is 642 g/mol. The normalized spacial score (nSPS) is 14.1. The van der Waals surface area contributed by atoms with Crippen LogP contribution in [0, 0.1) is 0 Å². The summed E-state index contributed by atoms with van der Waals surface area (Å²) in [6, 6.07) is 20.7. The van der Waals surface area contributed by atoms with Gasteiger partial charge in [0.25, 0.3) is 5.91 Å². The summed E-state index contributed by atoms with van der Waals surface area (Å²) in [5.41, 5.74) is 2.95. The van der Waals surface area contributed by atoms with Crippen molar-refractivity contribution in [3.63, 3.8) is 0 Å². The Morgan fingerprint density at radius 2 is 1.72 bits per heavy atom. The summed E-state index contributed by atoms with van der Waals surface area (Å²) in [4.78, 5) is 25.1. The summed E-state index contributed by atoms with van der Waals surface area (Å²) in [5, 5.41) is 7.90. The second kappa shape index (κ2) is 13.5. The van der Waals surface area contributed by atoms with E-state index in [1.807, 2.05) is 42.5 Å². The molecule has 1 saturated heterocycles. The molecule has 5 rings (SSSR count). The number of halogens is 2. The number of morpholine rings is 1. The zero-order valence-corrected chi connectivity index (χ0v) is 25.0. The molecule has 43 heavy (non-hydrogen) atoms. The maximum Gasteiger partial charge on any atom is 0.331 e. The molecule has 10 nitrogen and oxygen atoms in total. The lowest BCUT2D eigenvalue weighted by molar-refractivity contribution is -0.142. The Bertz CT molecular complexity index is 1750. The molecule has 1 N–H and O–H groups in total. The molecule has 13 heteroatoms. The Morgan fingerprint density at radius 3 is 2.44 bits per heavy atom. The molecule has 0 bridgehead atoms. The van der Waals surface area contributed by atoms with Crippen LogP contribution in [0.5, 0.6) is 0 Å². The minimum Gasteiger partial charge on any atom is -0.452 e. The fourth-order valence-corrected chi connectivity index (χ4v) is 6.01. The van der Waals surface area contributed by atoms with Gasteiger partial charge in [0.1, 0.15) is 0 Å². The molecule has 4 aromatic rings. The van der Waals surface area contributed by atoms with E-state index in [9.17, 15) is 18.0 Å². The monoisotopic (exact) mass is 640 g/mol. The standard InChI is InChI=1S/C30H26Cl2N4O6S/c31-23-9-6-21(7-10-23)30-22(19-36(34-30)24-4-2-1-3-5-24)8-13-29(38)42-20-28(37)33-27-18-25(11-12-26(27)32)43(39,40)35-14-16-41-17-15-35/h1-13,18-19H,14-17,20H2,(H,33,37). The highest BCUT2D eigenvalue weighted by Gasteiger charge is 2.27. The Morgan fingerprint density at radius 1 is 1.00 bits per heavy atom. The third kappa shape index (κ3) is 7.51. The van der Waals surface area contributed by atoms with E-state index in [2.05, 4.69) is 10.4 Å². The highest BCUT2D eigenvalue weighted by atomic mass is 35.5. The van der Waals surface area contributed by atoms with E-state index in [0.717, 1.165) is 11.3 Å². The van der Waals surface area contributed by atoms with Crippen molar-refractivity contribution < 1.29 is 27.5 Å². The van der Waals surface area contributed by atoms with Gasteiger partial charge in [-0.25, -0.2) is 17.9 Å². The third-order valence-electron chi connectivity index (χ3n) is 6.45. The number of anilines is 1. The Kier molecular flexibility index (Phi) is 9.59. The molecule has 0 radical (unpaired) electrons. The van der Waals surface area contributed by atoms with Gasteiger partial charge in [0.05, 0.1) is 40.2 Å². The van der Waals surface area contributed by atoms with Crippen LogP contribution >= 0.6 is 23.2 Å². The van der Waals surface area contributed by atoms with Gasteiger partial charge >= 0.3 is 5.97 Å². The van der Waals surface area contributed by atoms with Crippen molar-refractivity contribution in [2.75, 3.05) is 38.2 Å². The van der Waals surface area contributed by atoms with Crippen LogP contribution in [-0.4, -0.2) is 67.3 Å². The van der Waals surface area contributed by atoms with Crippen molar-refractivity contribution in [1.82, 2.24) is 14.1 Å². The number of amides is 1. The summed E-state index contributed by atoms with van der Waals surface area (Å²) < 4.78 is 39.3. The summed E-state index contributed by atoms with van der Waals surface area (Å²) in [5.74, 6) is -1.46. The molecular weight excluding hydrogens is 615 g/mol. The summed E-state index contributed by atoms with van der Waals surface area (Å²) in [6.07, 6.45) is 4.52. The Labute approximate surface area is 258 Å². The fourth-order valence-electron chi connectivity index (χ4n) is 4.28. The fraction of sp³-hybridized carbons (Fsp3) is 0.167. The highest BCUT2D eigenvalue weighted by molar-refractivity contribution is 7.89. The zero-order chi connectivity index (χ0) is 30.4. The number of para-hydroxylation sites is 1. The van der Waals surface area contributed by atoms with Gasteiger partial charge in [0.2, 0.25) is 10.0 Å². The lowest BCUT2D eigenvalue weighted by Gasteiger charge is -2.26. The van der Waals surface area contributed by atoms with Crippen LogP contribution in [0.4, 0.5) is 5.69 Å². The van der Waals surface area contributed by atoms with Gasteiger partial charge in [-0.15, -0.1) is 0 Å². The number of ether oxygens (including phenoxy) is 2. The molecule has 0 aliphatic carbocycles. The molecule has 2 heterocycles. The molecule has 0 atom stereocenters. The molecule has 3 aromatic carbocycles. The predicted molar refractivity (Wildman–Crippen MR) is 164 cm³/mol. The van der Waals surface area contributed by atoms with Crippen molar-refractivity contribution in [3.05, 3.63) is 101 Å². The van der Waals surface area contributed by atoms with Gasteiger partial charge in [0.15, 0.2) is 6.61 Å². The van der Waals surface area contributed by atoms with E-state index in [1.54, 1.807) is 29.1 Å². The van der Waals surface area contributed by atoms with Gasteiger partial charge in [-0.05, 0) is 48.5 Å². The first-order valence-electron chi connectivity index (χ1n) is 13.1. The first-order valence-corrected chi connectivity index (χ1v) is 15.3. The van der Waals surface area contributed by atoms with Gasteiger partial charge in [-0.3, -0.25) is 4.79 Å². The number of benzene rings is 3. The summed E-state index contributed by atoms with van der Waals surface area (Å²) >= 11 is 12.2. The summed E-state index contributed by atoms with van der Waals surface area (Å²) in [7, 11) is -3.80. The van der Waals surface area contributed by atoms with Gasteiger partial charge in [0, 0.05) is 41.5 Å². The predicted octanol–water partition coefficient (Wildman–Crippen LogP) is 5.06. The van der Waals surface area contributed by atoms with Gasteiger partial charge < -0.3 is 14.8 Å². The van der Waals surface area contributed by atoms with Crippen LogP contribution in [-0.2, 0) is 29.1 Å². The van der Waals surface area contributed by atoms with E-state index in [-0.39, 0.29) is 28.7 Å². The van der Waals surface area contributed by atoms with Crippen molar-refractivity contribution in [1.29, 1.82) is 0 Å². The Hall–Kier alpha value is -4.00. The molecule has 1 aliphatic rings. The zero-order valence-electron chi connectivity index (χ0n) is 22.7. The number of hydrogen-bond acceptors (Lipinski definition) is 7. The van der Waals surface area contributed by atoms with Crippen LogP contribution in [0.3, 0.4) is 0 Å². The minimum absolute atomic E-state index is 0.0263. The van der Waals surface area contributed by atoms with Crippen molar-refractivity contribution in [2.45, 2.75) is 4.90 Å². The van der Waals surface area contributed by atoms with E-state index in [1.165, 1.54) is 28.6 Å². The quantitative estimate of drug-likeness (QED) is 0.200. The third-order valence-corrected chi connectivity index (χ3v) is 8.92. The van der Waals surface area contributed by atoms with Crippen LogP contribution in [0.15, 0.2) is 90.0 Å². The molecule has 0 saturated carbocycles. The number of hydrogen-bond donors (Lipinski definition) is 1. The number of nitrogens with zero attached hydrogens (tertiary/aromatic N) is 3. The lowest BCUT2D eigenvalue weighted by Crippen LogP contribution is -2.40. The van der Waals surface area contributed by atoms with Crippen LogP contribution in [0.1, 0.15) is 5.56 Å². The minimum atomic E-state index is -3.80. The second-order valence-corrected chi connectivity index (χ2v) is 12.1. The number of rotatable bonds is 9. The van der Waals surface area contributed by atoms with E-state index >= 15 is 0 Å². The molecule has 0 unspecified atom stereocenters. The number of nitrogens with one attached hydrogen (secondary N) is 1. The van der Waals surface area contributed by atoms with Crippen molar-refractivity contribution in [3.8, 4) is 16.9 Å². The Balaban J connectivity index is 1.25. The molecule has 1 amide bonds. The molecule has 1 aromatic heterocycles. The number of sulfonamides is 1. The number of carbonyl (C=O) groups excluding carboxylic acids is 2. The van der Waals surface area contributed by atoms with Crippen molar-refractivity contribution >= 4 is 56.9 Å². The maximum atomic E-state index is 13.0. The molecule has 222 valence electrons. The maximum absolute atomic E-state index is 13.0. The first-order chi connectivity index (χ1) is 20.7. The molecular formula is C30H26Cl2N4O6S. The smallest absolute Gasteiger partial charge is 0.331 e. The lowest BCUT2D eigenvalue weighted by atomic mass is 10.1. The van der Waals surface area contributed by atoms with Gasteiger partial charge in [-0.1, -0.05) is 53.5 Å². The van der Waals surface area contributed by atoms with Gasteiger partial charge in [-0.2, -0.15) is 9.40 Å². The second-order valence-electron chi connectivity index (χ2n) is 9.37. The highest BCUT2D eigenvalue weighted by Crippen LogP contribution is 2.28. The number of aromatic nitrogens is 2. The summed E-state index contributed by atoms with van der Waals surface area (Å²) in [6.45, 7) is 0.435. The van der Waals surface area contributed by atoms with E-state index in [0.29, 0.717) is 29.5 Å². The van der Waals surface area contributed by atoms with Crippen LogP contribution < -0.4 is 5.32 Å². The first kappa shape index (κ1) is 30.5. The van der Waals surface area contributed by atoms with E-state index in [4.69, 9.17) is 32.7 Å². The average Bonchev–Trinajstić information content (AvgIpc) is 3.45.